The Balaban J connectivity index is 2.92. The van der Waals surface area contributed by atoms with Crippen LogP contribution in [0.25, 0.3) is 0 Å². The van der Waals surface area contributed by atoms with Gasteiger partial charge in [0, 0.05) is 11.0 Å². The van der Waals surface area contributed by atoms with Crippen LogP contribution < -0.4 is 0 Å². The first-order chi connectivity index (χ1) is 6.81. The Kier molecular flexibility index (Phi) is 12.3. The second-order valence-corrected chi connectivity index (χ2v) is 4.68. The molecule has 14 heavy (non-hydrogen) atoms. The first kappa shape index (κ1) is 14.6. The van der Waals surface area contributed by atoms with E-state index in [9.17, 15) is 5.11 Å². The molecule has 0 spiro atoms. The van der Waals surface area contributed by atoms with Crippen LogP contribution in [-0.2, 0) is 0 Å². The molecule has 0 radical (unpaired) electrons. The summed E-state index contributed by atoms with van der Waals surface area (Å²) in [5.74, 6) is 0. The molecule has 0 saturated heterocycles. The van der Waals surface area contributed by atoms with Gasteiger partial charge in [-0.15, -0.1) is 0 Å². The average Bonchev–Trinajstić information content (AvgIpc) is 2.21. The molecule has 0 heterocycles. The maximum absolute atomic E-state index is 9.30. The number of rotatable bonds is 10. The van der Waals surface area contributed by atoms with E-state index >= 15 is 0 Å². The summed E-state index contributed by atoms with van der Waals surface area (Å²) in [6, 6.07) is 0. The Morgan fingerprint density at radius 2 is 1.36 bits per heavy atom. The lowest BCUT2D eigenvalue weighted by molar-refractivity contribution is 0.187. The number of hydrogen-bond donors (Lipinski definition) is 2. The zero-order chi connectivity index (χ0) is 10.6. The van der Waals surface area contributed by atoms with Gasteiger partial charge in [0.05, 0.1) is 6.10 Å². The van der Waals surface area contributed by atoms with Crippen LogP contribution in [0.2, 0.25) is 0 Å². The molecule has 0 aliphatic heterocycles. The minimum Gasteiger partial charge on any atom is -0.396 e. The van der Waals surface area contributed by atoms with Gasteiger partial charge in [-0.25, -0.2) is 0 Å². The van der Waals surface area contributed by atoms with Crippen molar-refractivity contribution in [3.63, 3.8) is 0 Å². The smallest absolute Gasteiger partial charge is 0.0629 e. The van der Waals surface area contributed by atoms with Crippen LogP contribution in [0.3, 0.4) is 0 Å². The van der Waals surface area contributed by atoms with Crippen molar-refractivity contribution in [2.24, 2.45) is 0 Å². The number of aliphatic hydroxyl groups is 2. The van der Waals surface area contributed by atoms with Gasteiger partial charge in [-0.2, -0.15) is 0 Å². The summed E-state index contributed by atoms with van der Waals surface area (Å²) in [6.45, 7) is 0.335. The Morgan fingerprint density at radius 3 is 1.86 bits per heavy atom. The highest BCUT2D eigenvalue weighted by molar-refractivity contribution is 14.1. The van der Waals surface area contributed by atoms with Crippen molar-refractivity contribution in [2.75, 3.05) is 11.0 Å². The van der Waals surface area contributed by atoms with E-state index in [4.69, 9.17) is 5.11 Å². The molecule has 0 fully saturated rings. The van der Waals surface area contributed by atoms with Crippen molar-refractivity contribution in [3.05, 3.63) is 0 Å². The molecule has 1 atom stereocenters. The van der Waals surface area contributed by atoms with Crippen LogP contribution in [0.1, 0.15) is 51.4 Å². The Morgan fingerprint density at radius 1 is 0.857 bits per heavy atom. The van der Waals surface area contributed by atoms with E-state index in [0.717, 1.165) is 30.1 Å². The predicted octanol–water partition coefficient (Wildman–Crippen LogP) is 2.90. The lowest BCUT2D eigenvalue weighted by Gasteiger charge is -2.05. The number of halogens is 1. The molecule has 2 N–H and O–H groups in total. The van der Waals surface area contributed by atoms with E-state index in [-0.39, 0.29) is 6.10 Å². The Hall–Kier alpha value is 0.650. The van der Waals surface area contributed by atoms with Gasteiger partial charge in [0.15, 0.2) is 0 Å². The third-order valence-electron chi connectivity index (χ3n) is 2.37. The first-order valence-corrected chi connectivity index (χ1v) is 7.18. The fourth-order valence-electron chi connectivity index (χ4n) is 1.45. The molecule has 3 heteroatoms. The molecule has 0 unspecified atom stereocenters. The lowest BCUT2D eigenvalue weighted by atomic mass is 10.1. The highest BCUT2D eigenvalue weighted by atomic mass is 127. The Bertz CT molecular complexity index is 109. The van der Waals surface area contributed by atoms with Crippen molar-refractivity contribution in [3.8, 4) is 0 Å². The molecule has 0 saturated carbocycles. The maximum Gasteiger partial charge on any atom is 0.0629 e. The zero-order valence-corrected chi connectivity index (χ0v) is 11.1. The lowest BCUT2D eigenvalue weighted by Crippen LogP contribution is -2.06. The van der Waals surface area contributed by atoms with Crippen molar-refractivity contribution < 1.29 is 10.2 Å². The molecule has 0 amide bonds. The molecule has 0 rings (SSSR count). The van der Waals surface area contributed by atoms with E-state index in [2.05, 4.69) is 22.6 Å². The van der Waals surface area contributed by atoms with Crippen molar-refractivity contribution in [1.82, 2.24) is 0 Å². The molecular weight excluding hydrogens is 291 g/mol. The van der Waals surface area contributed by atoms with E-state index < -0.39 is 0 Å². The molecule has 2 nitrogen and oxygen atoms in total. The summed E-state index contributed by atoms with van der Waals surface area (Å²) in [5, 5.41) is 17.9. The number of hydrogen-bond acceptors (Lipinski definition) is 2. The van der Waals surface area contributed by atoms with Gasteiger partial charge in [-0.1, -0.05) is 61.1 Å². The Labute approximate surface area is 101 Å². The van der Waals surface area contributed by atoms with Crippen molar-refractivity contribution in [1.29, 1.82) is 0 Å². The molecule has 0 aliphatic rings. The van der Waals surface area contributed by atoms with E-state index in [1.165, 1.54) is 25.7 Å². The first-order valence-electron chi connectivity index (χ1n) is 5.66. The van der Waals surface area contributed by atoms with Gasteiger partial charge in [0.25, 0.3) is 0 Å². The summed E-state index contributed by atoms with van der Waals surface area (Å²) in [4.78, 5) is 0. The van der Waals surface area contributed by atoms with Gasteiger partial charge >= 0.3 is 0 Å². The van der Waals surface area contributed by atoms with E-state index in [1.807, 2.05) is 0 Å². The number of aliphatic hydroxyl groups excluding tert-OH is 2. The summed E-state index contributed by atoms with van der Waals surface area (Å²) in [5.41, 5.74) is 0. The van der Waals surface area contributed by atoms with E-state index in [0.29, 0.717) is 6.61 Å². The molecular formula is C11H23IO2. The summed E-state index contributed by atoms with van der Waals surface area (Å²) < 4.78 is 0.855. The molecule has 0 aromatic rings. The monoisotopic (exact) mass is 314 g/mol. The minimum absolute atomic E-state index is 0.0926. The molecule has 0 aromatic carbocycles. The number of alkyl halides is 1. The number of unbranched alkanes of at least 4 members (excludes halogenated alkanes) is 6. The van der Waals surface area contributed by atoms with Crippen LogP contribution in [0.4, 0.5) is 0 Å². The molecule has 0 bridgehead atoms. The predicted molar refractivity (Wildman–Crippen MR) is 68.9 cm³/mol. The second kappa shape index (κ2) is 11.7. The highest BCUT2D eigenvalue weighted by Crippen LogP contribution is 2.10. The van der Waals surface area contributed by atoms with Crippen molar-refractivity contribution >= 4 is 22.6 Å². The van der Waals surface area contributed by atoms with Gasteiger partial charge < -0.3 is 10.2 Å². The topological polar surface area (TPSA) is 40.5 Å². The van der Waals surface area contributed by atoms with Crippen LogP contribution in [0.15, 0.2) is 0 Å². The third kappa shape index (κ3) is 10.7. The normalized spacial score (nSPS) is 13.1. The van der Waals surface area contributed by atoms with Crippen LogP contribution in [-0.4, -0.2) is 27.4 Å². The van der Waals surface area contributed by atoms with Gasteiger partial charge in [0.2, 0.25) is 0 Å². The summed E-state index contributed by atoms with van der Waals surface area (Å²) in [7, 11) is 0. The minimum atomic E-state index is -0.0926. The summed E-state index contributed by atoms with van der Waals surface area (Å²) >= 11 is 2.22. The molecule has 0 aliphatic carbocycles. The third-order valence-corrected chi connectivity index (χ3v) is 3.39. The van der Waals surface area contributed by atoms with Gasteiger partial charge in [-0.3, -0.25) is 0 Å². The van der Waals surface area contributed by atoms with Gasteiger partial charge in [0.1, 0.15) is 0 Å². The quantitative estimate of drug-likeness (QED) is 0.370. The summed E-state index contributed by atoms with van der Waals surface area (Å²) in [6.07, 6.45) is 9.18. The zero-order valence-electron chi connectivity index (χ0n) is 8.92. The highest BCUT2D eigenvalue weighted by Gasteiger charge is 2.00. The second-order valence-electron chi connectivity index (χ2n) is 3.80. The maximum atomic E-state index is 9.30. The molecule has 0 aromatic heterocycles. The average molecular weight is 314 g/mol. The molecule has 86 valence electrons. The fourth-order valence-corrected chi connectivity index (χ4v) is 1.89. The standard InChI is InChI=1S/C11H23IO2/c12-10-11(14)8-6-4-2-1-3-5-7-9-13/h11,13-14H,1-10H2/t11-/m0/s1. The van der Waals surface area contributed by atoms with Crippen LogP contribution in [0, 0.1) is 0 Å². The van der Waals surface area contributed by atoms with Gasteiger partial charge in [-0.05, 0) is 12.8 Å². The largest absolute Gasteiger partial charge is 0.396 e. The van der Waals surface area contributed by atoms with Crippen LogP contribution >= 0.6 is 22.6 Å². The van der Waals surface area contributed by atoms with Crippen LogP contribution in [0.5, 0.6) is 0 Å². The van der Waals surface area contributed by atoms with Crippen molar-refractivity contribution in [2.45, 2.75) is 57.5 Å². The van der Waals surface area contributed by atoms with E-state index in [1.54, 1.807) is 0 Å². The SMILES string of the molecule is OCCCCCCCCC[C@H](O)CI. The fraction of sp³-hybridized carbons (Fsp3) is 1.00.